The molecular formula is C14H13FN6O3S. The van der Waals surface area contributed by atoms with E-state index in [0.717, 1.165) is 6.07 Å². The minimum Gasteiger partial charge on any atom is -0.491 e. The number of hydrogen-bond donors (Lipinski definition) is 1. The third-order valence-electron chi connectivity index (χ3n) is 3.06. The highest BCUT2D eigenvalue weighted by Crippen LogP contribution is 2.22. The molecule has 0 saturated heterocycles. The molecule has 0 unspecified atom stereocenters. The quantitative estimate of drug-likeness (QED) is 0.703. The molecule has 0 aliphatic rings. The smallest absolute Gasteiger partial charge is 0.263 e. The summed E-state index contributed by atoms with van der Waals surface area (Å²) in [6.07, 6.45) is 3.89. The van der Waals surface area contributed by atoms with Crippen molar-refractivity contribution in [1.29, 1.82) is 0 Å². The summed E-state index contributed by atoms with van der Waals surface area (Å²) in [7, 11) is -4.03. The van der Waals surface area contributed by atoms with Crippen LogP contribution in [0.4, 0.5) is 10.2 Å². The molecule has 130 valence electrons. The van der Waals surface area contributed by atoms with E-state index >= 15 is 0 Å². The minimum absolute atomic E-state index is 0.00907. The van der Waals surface area contributed by atoms with Gasteiger partial charge in [-0.1, -0.05) is 0 Å². The normalized spacial score (nSPS) is 11.3. The Hall–Kier alpha value is -3.08. The van der Waals surface area contributed by atoms with Crippen LogP contribution in [0.5, 0.6) is 5.75 Å². The van der Waals surface area contributed by atoms with Gasteiger partial charge in [-0.05, 0) is 25.1 Å². The third-order valence-corrected chi connectivity index (χ3v) is 4.41. The lowest BCUT2D eigenvalue weighted by Gasteiger charge is -2.10. The number of nitrogens with zero attached hydrogens (tertiary/aromatic N) is 5. The highest BCUT2D eigenvalue weighted by atomic mass is 32.2. The number of anilines is 1. The van der Waals surface area contributed by atoms with Gasteiger partial charge in [-0.2, -0.15) is 5.10 Å². The molecule has 0 spiro atoms. The summed E-state index contributed by atoms with van der Waals surface area (Å²) in [4.78, 5) is 11.3. The average molecular weight is 364 g/mol. The van der Waals surface area contributed by atoms with Gasteiger partial charge < -0.3 is 4.74 Å². The van der Waals surface area contributed by atoms with E-state index in [0.29, 0.717) is 5.82 Å². The van der Waals surface area contributed by atoms with E-state index in [2.05, 4.69) is 24.8 Å². The zero-order chi connectivity index (χ0) is 17.9. The van der Waals surface area contributed by atoms with Crippen LogP contribution in [0, 0.1) is 5.82 Å². The highest BCUT2D eigenvalue weighted by Gasteiger charge is 2.18. The van der Waals surface area contributed by atoms with Gasteiger partial charge in [-0.25, -0.2) is 32.4 Å². The van der Waals surface area contributed by atoms with Crippen molar-refractivity contribution in [2.75, 3.05) is 11.3 Å². The summed E-state index contributed by atoms with van der Waals surface area (Å²) in [5, 5.41) is 3.90. The maximum atomic E-state index is 13.9. The molecule has 0 bridgehead atoms. The number of rotatable bonds is 6. The largest absolute Gasteiger partial charge is 0.491 e. The summed E-state index contributed by atoms with van der Waals surface area (Å²) >= 11 is 0. The lowest BCUT2D eigenvalue weighted by molar-refractivity contribution is 0.321. The molecule has 2 aromatic heterocycles. The Labute approximate surface area is 142 Å². The van der Waals surface area contributed by atoms with Gasteiger partial charge in [0.2, 0.25) is 0 Å². The topological polar surface area (TPSA) is 112 Å². The first-order chi connectivity index (χ1) is 12.0. The van der Waals surface area contributed by atoms with Crippen molar-refractivity contribution in [1.82, 2.24) is 24.7 Å². The number of sulfonamides is 1. The second kappa shape index (κ2) is 6.81. The van der Waals surface area contributed by atoms with Crippen molar-refractivity contribution in [3.8, 4) is 11.6 Å². The van der Waals surface area contributed by atoms with Gasteiger partial charge in [-0.3, -0.25) is 4.72 Å². The Morgan fingerprint density at radius 2 is 2.08 bits per heavy atom. The second-order valence-corrected chi connectivity index (χ2v) is 6.41. The predicted molar refractivity (Wildman–Crippen MR) is 85.3 cm³/mol. The lowest BCUT2D eigenvalue weighted by atomic mass is 10.3. The molecule has 25 heavy (non-hydrogen) atoms. The van der Waals surface area contributed by atoms with E-state index in [1.165, 1.54) is 41.9 Å². The maximum Gasteiger partial charge on any atom is 0.263 e. The van der Waals surface area contributed by atoms with E-state index in [1.807, 2.05) is 0 Å². The van der Waals surface area contributed by atoms with Crippen LogP contribution in [0.2, 0.25) is 0 Å². The number of nitrogens with one attached hydrogen (secondary N) is 1. The van der Waals surface area contributed by atoms with Gasteiger partial charge in [0.1, 0.15) is 24.8 Å². The molecule has 0 aliphatic heterocycles. The van der Waals surface area contributed by atoms with Crippen molar-refractivity contribution in [2.45, 2.75) is 11.8 Å². The lowest BCUT2D eigenvalue weighted by Crippen LogP contribution is -2.15. The summed E-state index contributed by atoms with van der Waals surface area (Å²) in [5.74, 6) is -0.453. The SMILES string of the molecule is CCOc1ccc(S(=O)(=O)Nc2cc(-n3cncn3)ncn2)cc1F. The monoisotopic (exact) mass is 364 g/mol. The van der Waals surface area contributed by atoms with Crippen molar-refractivity contribution >= 4 is 15.8 Å². The van der Waals surface area contributed by atoms with Crippen LogP contribution in [0.15, 0.2) is 48.1 Å². The van der Waals surface area contributed by atoms with Gasteiger partial charge in [0.15, 0.2) is 17.4 Å². The molecule has 2 heterocycles. The molecule has 11 heteroatoms. The van der Waals surface area contributed by atoms with Crippen molar-refractivity contribution < 1.29 is 17.5 Å². The van der Waals surface area contributed by atoms with Gasteiger partial charge >= 0.3 is 0 Å². The number of aromatic nitrogens is 5. The van der Waals surface area contributed by atoms with Gasteiger partial charge in [0, 0.05) is 6.07 Å². The number of ether oxygens (including phenoxy) is 1. The molecule has 9 nitrogen and oxygen atoms in total. The van der Waals surface area contributed by atoms with E-state index < -0.39 is 15.8 Å². The Morgan fingerprint density at radius 1 is 1.24 bits per heavy atom. The fourth-order valence-electron chi connectivity index (χ4n) is 1.97. The molecule has 3 aromatic rings. The molecular weight excluding hydrogens is 351 g/mol. The number of benzene rings is 1. The predicted octanol–water partition coefficient (Wildman–Crippen LogP) is 1.40. The van der Waals surface area contributed by atoms with E-state index in [4.69, 9.17) is 4.74 Å². The molecule has 0 atom stereocenters. The molecule has 0 amide bonds. The fourth-order valence-corrected chi connectivity index (χ4v) is 2.98. The maximum absolute atomic E-state index is 13.9. The van der Waals surface area contributed by atoms with Crippen LogP contribution in [0.1, 0.15) is 6.92 Å². The molecule has 0 radical (unpaired) electrons. The molecule has 1 N–H and O–H groups in total. The van der Waals surface area contributed by atoms with Crippen molar-refractivity contribution in [2.24, 2.45) is 0 Å². The van der Waals surface area contributed by atoms with Gasteiger partial charge in [0.25, 0.3) is 10.0 Å². The van der Waals surface area contributed by atoms with Gasteiger partial charge in [0.05, 0.1) is 11.5 Å². The van der Waals surface area contributed by atoms with E-state index in [1.54, 1.807) is 6.92 Å². The third kappa shape index (κ3) is 3.71. The molecule has 0 fully saturated rings. The van der Waals surface area contributed by atoms with Crippen LogP contribution >= 0.6 is 0 Å². The van der Waals surface area contributed by atoms with E-state index in [-0.39, 0.29) is 23.1 Å². The standard InChI is InChI=1S/C14H13FN6O3S/c1-2-24-12-4-3-10(5-11(12)15)25(22,23)20-13-6-14(18-8-17-13)21-9-16-7-19-21/h3-9H,2H2,1H3,(H,17,18,20). The molecule has 3 rings (SSSR count). The van der Waals surface area contributed by atoms with Gasteiger partial charge in [-0.15, -0.1) is 0 Å². The number of halogens is 1. The zero-order valence-corrected chi connectivity index (χ0v) is 13.8. The highest BCUT2D eigenvalue weighted by molar-refractivity contribution is 7.92. The first kappa shape index (κ1) is 16.8. The summed E-state index contributed by atoms with van der Waals surface area (Å²) in [6.45, 7) is 1.97. The van der Waals surface area contributed by atoms with Crippen LogP contribution in [-0.4, -0.2) is 39.8 Å². The van der Waals surface area contributed by atoms with Crippen molar-refractivity contribution in [3.63, 3.8) is 0 Å². The van der Waals surface area contributed by atoms with Crippen LogP contribution < -0.4 is 9.46 Å². The Bertz CT molecular complexity index is 978. The Morgan fingerprint density at radius 3 is 2.76 bits per heavy atom. The molecule has 0 aliphatic carbocycles. The minimum atomic E-state index is -4.03. The summed E-state index contributed by atoms with van der Waals surface area (Å²) < 4.78 is 47.4. The molecule has 0 saturated carbocycles. The Balaban J connectivity index is 1.87. The first-order valence-corrected chi connectivity index (χ1v) is 8.60. The average Bonchev–Trinajstić information content (AvgIpc) is 3.11. The molecule has 1 aromatic carbocycles. The summed E-state index contributed by atoms with van der Waals surface area (Å²) in [6, 6.07) is 4.76. The second-order valence-electron chi connectivity index (χ2n) is 4.73. The Kier molecular flexibility index (Phi) is 4.57. The summed E-state index contributed by atoms with van der Waals surface area (Å²) in [5.41, 5.74) is 0. The fraction of sp³-hybridized carbons (Fsp3) is 0.143. The van der Waals surface area contributed by atoms with E-state index in [9.17, 15) is 12.8 Å². The van der Waals surface area contributed by atoms with Crippen LogP contribution in [0.25, 0.3) is 5.82 Å². The number of hydrogen-bond acceptors (Lipinski definition) is 7. The van der Waals surface area contributed by atoms with Crippen LogP contribution in [-0.2, 0) is 10.0 Å². The van der Waals surface area contributed by atoms with Crippen LogP contribution in [0.3, 0.4) is 0 Å². The first-order valence-electron chi connectivity index (χ1n) is 7.12. The zero-order valence-electron chi connectivity index (χ0n) is 13.0. The van der Waals surface area contributed by atoms with Crippen molar-refractivity contribution in [3.05, 3.63) is 49.1 Å².